The summed E-state index contributed by atoms with van der Waals surface area (Å²) in [7, 11) is -14.4. The maximum atomic E-state index is 12.0. The van der Waals surface area contributed by atoms with Crippen LogP contribution in [0.2, 0.25) is 0 Å². The molecule has 21 heavy (non-hydrogen) atoms. The zero-order valence-electron chi connectivity index (χ0n) is 10.5. The van der Waals surface area contributed by atoms with Gasteiger partial charge in [0.15, 0.2) is 0 Å². The first kappa shape index (κ1) is 16.0. The summed E-state index contributed by atoms with van der Waals surface area (Å²) in [6.07, 6.45) is 0. The van der Waals surface area contributed by atoms with Crippen LogP contribution in [0.25, 0.3) is 0 Å². The van der Waals surface area contributed by atoms with Crippen LogP contribution in [-0.2, 0) is 18.3 Å². The summed E-state index contributed by atoms with van der Waals surface area (Å²) in [5, 5.41) is 0. The Labute approximate surface area is 123 Å². The zero-order valence-corrected chi connectivity index (χ0v) is 13.0. The van der Waals surface area contributed by atoms with Crippen molar-refractivity contribution in [2.75, 3.05) is 0 Å². The van der Waals surface area contributed by atoms with Crippen molar-refractivity contribution in [2.45, 2.75) is 9.79 Å². The van der Waals surface area contributed by atoms with E-state index in [1.54, 1.807) is 12.1 Å². The van der Waals surface area contributed by atoms with Gasteiger partial charge in [0.25, 0.3) is 0 Å². The largest absolute Gasteiger partial charge is 0.324 e. The van der Waals surface area contributed by atoms with Crippen LogP contribution in [0.4, 0.5) is 0 Å². The van der Waals surface area contributed by atoms with Crippen LogP contribution < -0.4 is 0 Å². The van der Waals surface area contributed by atoms with E-state index in [1.807, 2.05) is 0 Å². The Balaban J connectivity index is 3.02. The second kappa shape index (κ2) is 5.43. The average Bonchev–Trinajstić information content (AvgIpc) is 2.38. The standard InChI is InChI=1S/C12H12O6S3/c13-20(14,15)19(21(16,17)18,11-7-3-1-4-8-11)12-9-5-2-6-10-12/h1-10H,(H,13,14,15)(H,16,17,18). The quantitative estimate of drug-likeness (QED) is 0.649. The first-order chi connectivity index (χ1) is 9.71. The molecule has 0 radical (unpaired) electrons. The fraction of sp³-hybridized carbons (Fsp3) is 0. The number of hydrogen-bond acceptors (Lipinski definition) is 4. The summed E-state index contributed by atoms with van der Waals surface area (Å²) >= 11 is 0. The maximum Gasteiger partial charge on any atom is 0.324 e. The minimum absolute atomic E-state index is 0.193. The van der Waals surface area contributed by atoms with Crippen LogP contribution in [0.1, 0.15) is 0 Å². The van der Waals surface area contributed by atoms with E-state index in [-0.39, 0.29) is 9.79 Å². The van der Waals surface area contributed by atoms with Gasteiger partial charge in [-0.15, -0.1) is 0 Å². The molecule has 0 aliphatic rings. The van der Waals surface area contributed by atoms with E-state index in [0.717, 1.165) is 0 Å². The van der Waals surface area contributed by atoms with E-state index in [4.69, 9.17) is 0 Å². The van der Waals surface area contributed by atoms with Crippen LogP contribution in [-0.4, -0.2) is 25.9 Å². The van der Waals surface area contributed by atoms with Gasteiger partial charge < -0.3 is 0 Å². The van der Waals surface area contributed by atoms with Crippen molar-refractivity contribution < 1.29 is 25.9 Å². The van der Waals surface area contributed by atoms with E-state index >= 15 is 0 Å². The Bertz CT molecular complexity index is 756. The third kappa shape index (κ3) is 2.58. The molecule has 0 aromatic heterocycles. The van der Waals surface area contributed by atoms with E-state index in [9.17, 15) is 25.9 Å². The second-order valence-corrected chi connectivity index (χ2v) is 13.8. The lowest BCUT2D eigenvalue weighted by molar-refractivity contribution is 0.497. The average molecular weight is 348 g/mol. The molecule has 0 aliphatic heterocycles. The summed E-state index contributed by atoms with van der Waals surface area (Å²) < 4.78 is 67.1. The van der Waals surface area contributed by atoms with Gasteiger partial charge in [0.05, 0.1) is 8.09 Å². The fourth-order valence-electron chi connectivity index (χ4n) is 1.93. The van der Waals surface area contributed by atoms with Gasteiger partial charge in [-0.2, -0.15) is 16.8 Å². The molecular weight excluding hydrogens is 336 g/mol. The SMILES string of the molecule is O=S(=O)(O)S(c1ccccc1)(c1ccccc1)S(=O)(=O)O. The Morgan fingerprint density at radius 2 is 0.857 bits per heavy atom. The molecule has 0 saturated heterocycles. The molecule has 0 aliphatic carbocycles. The zero-order chi connectivity index (χ0) is 15.7. The van der Waals surface area contributed by atoms with Crippen molar-refractivity contribution in [1.29, 1.82) is 0 Å². The van der Waals surface area contributed by atoms with E-state index in [0.29, 0.717) is 0 Å². The van der Waals surface area contributed by atoms with Crippen molar-refractivity contribution in [3.05, 3.63) is 60.7 Å². The Hall–Kier alpha value is -1.39. The maximum absolute atomic E-state index is 12.0. The van der Waals surface area contributed by atoms with Crippen molar-refractivity contribution in [3.63, 3.8) is 0 Å². The second-order valence-electron chi connectivity index (χ2n) is 3.99. The van der Waals surface area contributed by atoms with Crippen molar-refractivity contribution in [1.82, 2.24) is 0 Å². The fourth-order valence-corrected chi connectivity index (χ4v) is 11.3. The monoisotopic (exact) mass is 348 g/mol. The third-order valence-corrected chi connectivity index (χ3v) is 14.6. The van der Waals surface area contributed by atoms with Gasteiger partial charge in [-0.1, -0.05) is 36.4 Å². The van der Waals surface area contributed by atoms with E-state index in [2.05, 4.69) is 0 Å². The molecule has 0 atom stereocenters. The topological polar surface area (TPSA) is 109 Å². The first-order valence-electron chi connectivity index (χ1n) is 5.59. The van der Waals surface area contributed by atoms with Gasteiger partial charge >= 0.3 is 18.3 Å². The van der Waals surface area contributed by atoms with Crippen molar-refractivity contribution >= 4 is 26.4 Å². The van der Waals surface area contributed by atoms with Crippen molar-refractivity contribution in [2.24, 2.45) is 0 Å². The lowest BCUT2D eigenvalue weighted by Gasteiger charge is -2.33. The van der Waals surface area contributed by atoms with Crippen LogP contribution in [0.15, 0.2) is 70.5 Å². The summed E-state index contributed by atoms with van der Waals surface area (Å²) in [4.78, 5) is -0.387. The van der Waals surface area contributed by atoms with Crippen LogP contribution >= 0.6 is 8.09 Å². The molecule has 0 saturated carbocycles. The molecule has 6 nitrogen and oxygen atoms in total. The summed E-state index contributed by atoms with van der Waals surface area (Å²) in [5.41, 5.74) is 0. The highest BCUT2D eigenvalue weighted by atomic mass is 33.6. The molecule has 114 valence electrons. The van der Waals surface area contributed by atoms with Gasteiger partial charge in [-0.05, 0) is 24.3 Å². The highest BCUT2D eigenvalue weighted by molar-refractivity contribution is 9.18. The highest BCUT2D eigenvalue weighted by Crippen LogP contribution is 2.70. The Morgan fingerprint density at radius 1 is 0.571 bits per heavy atom. The van der Waals surface area contributed by atoms with Crippen LogP contribution in [0, 0.1) is 0 Å². The number of hydrogen-bond donors (Lipinski definition) is 2. The molecule has 0 unspecified atom stereocenters. The minimum Gasteiger partial charge on any atom is -0.277 e. The van der Waals surface area contributed by atoms with Crippen LogP contribution in [0.5, 0.6) is 0 Å². The van der Waals surface area contributed by atoms with Gasteiger partial charge in [-0.3, -0.25) is 9.11 Å². The lowest BCUT2D eigenvalue weighted by Crippen LogP contribution is -2.22. The van der Waals surface area contributed by atoms with Crippen molar-refractivity contribution in [3.8, 4) is 0 Å². The normalized spacial score (nSPS) is 13.8. The molecule has 9 heteroatoms. The first-order valence-corrected chi connectivity index (χ1v) is 11.1. The molecule has 0 bridgehead atoms. The lowest BCUT2D eigenvalue weighted by atomic mass is 10.4. The molecular formula is C12H12O6S3. The van der Waals surface area contributed by atoms with E-state index < -0.39 is 26.4 Å². The summed E-state index contributed by atoms with van der Waals surface area (Å²) in [6.45, 7) is 0. The molecule has 2 aromatic carbocycles. The Morgan fingerprint density at radius 3 is 1.10 bits per heavy atom. The molecule has 2 N–H and O–H groups in total. The minimum atomic E-state index is -5.14. The van der Waals surface area contributed by atoms with Gasteiger partial charge in [0.2, 0.25) is 0 Å². The molecule has 0 amide bonds. The number of rotatable bonds is 4. The Kier molecular flexibility index (Phi) is 4.13. The number of benzene rings is 2. The summed E-state index contributed by atoms with van der Waals surface area (Å²) in [5.74, 6) is 0. The summed E-state index contributed by atoms with van der Waals surface area (Å²) in [6, 6.07) is 13.8. The van der Waals surface area contributed by atoms with E-state index in [1.165, 1.54) is 48.5 Å². The molecule has 2 rings (SSSR count). The molecule has 0 fully saturated rings. The highest BCUT2D eigenvalue weighted by Gasteiger charge is 2.51. The smallest absolute Gasteiger partial charge is 0.277 e. The van der Waals surface area contributed by atoms with Gasteiger partial charge in [-0.25, -0.2) is 0 Å². The molecule has 0 heterocycles. The van der Waals surface area contributed by atoms with Gasteiger partial charge in [0.1, 0.15) is 0 Å². The predicted molar refractivity (Wildman–Crippen MR) is 80.1 cm³/mol. The third-order valence-electron chi connectivity index (χ3n) is 2.70. The molecule has 2 aromatic rings. The van der Waals surface area contributed by atoms with Crippen LogP contribution in [0.3, 0.4) is 0 Å². The van der Waals surface area contributed by atoms with Gasteiger partial charge in [0, 0.05) is 9.79 Å². The molecule has 0 spiro atoms. The predicted octanol–water partition coefficient (Wildman–Crippen LogP) is 2.51.